The molecule has 0 aliphatic heterocycles. The van der Waals surface area contributed by atoms with Crippen molar-refractivity contribution in [2.45, 2.75) is 12.7 Å². The first-order chi connectivity index (χ1) is 17.2. The van der Waals surface area contributed by atoms with E-state index in [9.17, 15) is 32.3 Å². The molecule has 0 saturated carbocycles. The van der Waals surface area contributed by atoms with Gasteiger partial charge in [0, 0.05) is 5.69 Å². The van der Waals surface area contributed by atoms with Gasteiger partial charge in [-0.1, -0.05) is 48.5 Å². The quantitative estimate of drug-likeness (QED) is 0.215. The number of nitrogens with zero attached hydrogens (tertiary/aromatic N) is 2. The Labute approximate surface area is 201 Å². The molecule has 0 radical (unpaired) electrons. The molecule has 4 aromatic rings. The summed E-state index contributed by atoms with van der Waals surface area (Å²) in [6.45, 7) is -0.525. The van der Waals surface area contributed by atoms with Crippen LogP contribution >= 0.6 is 0 Å². The first-order valence-corrected chi connectivity index (χ1v) is 10.5. The first-order valence-electron chi connectivity index (χ1n) is 10.5. The number of aromatic hydroxyl groups is 1. The highest BCUT2D eigenvalue weighted by molar-refractivity contribution is 6.09. The standard InChI is InChI=1S/C25H18F4N4O3/c26-18-12-6-7-13-19(18)33-23(35)20(22(34)32-24(33)36)21(31-16-9-2-1-3-10-16)30-14-15-8-4-5-11-17(15)25(27,28)29/h1-13,35H,14H2,(H,30,31)(H,32,34,36). The smallest absolute Gasteiger partial charge is 0.416 e. The molecule has 1 aromatic heterocycles. The van der Waals surface area contributed by atoms with E-state index in [0.717, 1.165) is 12.1 Å². The van der Waals surface area contributed by atoms with Gasteiger partial charge in [0.05, 0.1) is 17.8 Å². The number of aromatic nitrogens is 2. The molecule has 4 rings (SSSR count). The molecule has 3 N–H and O–H groups in total. The van der Waals surface area contributed by atoms with Crippen molar-refractivity contribution >= 4 is 11.5 Å². The summed E-state index contributed by atoms with van der Waals surface area (Å²) >= 11 is 0. The van der Waals surface area contributed by atoms with Crippen molar-refractivity contribution in [1.82, 2.24) is 9.55 Å². The van der Waals surface area contributed by atoms with E-state index in [1.165, 1.54) is 36.4 Å². The summed E-state index contributed by atoms with van der Waals surface area (Å²) in [5.41, 5.74) is -3.81. The predicted octanol–water partition coefficient (Wildman–Crippen LogP) is 4.45. The van der Waals surface area contributed by atoms with Gasteiger partial charge < -0.3 is 10.4 Å². The second-order valence-corrected chi connectivity index (χ2v) is 7.56. The zero-order valence-corrected chi connectivity index (χ0v) is 18.4. The number of aromatic amines is 1. The number of rotatable bonds is 5. The van der Waals surface area contributed by atoms with Gasteiger partial charge in [-0.15, -0.1) is 0 Å². The highest BCUT2D eigenvalue weighted by Gasteiger charge is 2.33. The summed E-state index contributed by atoms with van der Waals surface area (Å²) in [5, 5.41) is 13.7. The molecule has 0 atom stereocenters. The average molecular weight is 498 g/mol. The topological polar surface area (TPSA) is 99.5 Å². The normalized spacial score (nSPS) is 11.9. The third-order valence-corrected chi connectivity index (χ3v) is 5.18. The number of H-pyrrole nitrogens is 1. The lowest BCUT2D eigenvalue weighted by Crippen LogP contribution is -2.35. The molecule has 184 valence electrons. The van der Waals surface area contributed by atoms with Crippen molar-refractivity contribution in [2.24, 2.45) is 4.99 Å². The van der Waals surface area contributed by atoms with Crippen molar-refractivity contribution in [3.05, 3.63) is 122 Å². The number of hydrogen-bond acceptors (Lipinski definition) is 4. The highest BCUT2D eigenvalue weighted by atomic mass is 19.4. The lowest BCUT2D eigenvalue weighted by Gasteiger charge is -2.16. The minimum absolute atomic E-state index is 0.185. The summed E-state index contributed by atoms with van der Waals surface area (Å²) in [6.07, 6.45) is -4.64. The number of halogens is 4. The molecule has 0 unspecified atom stereocenters. The highest BCUT2D eigenvalue weighted by Crippen LogP contribution is 2.32. The van der Waals surface area contributed by atoms with Crippen LogP contribution in [-0.4, -0.2) is 20.5 Å². The molecule has 1 heterocycles. The maximum atomic E-state index is 14.4. The van der Waals surface area contributed by atoms with Gasteiger partial charge in [0.15, 0.2) is 0 Å². The maximum Gasteiger partial charge on any atom is 0.416 e. The maximum absolute atomic E-state index is 14.4. The summed E-state index contributed by atoms with van der Waals surface area (Å²) in [7, 11) is 0. The van der Waals surface area contributed by atoms with Gasteiger partial charge in [0.25, 0.3) is 5.56 Å². The number of benzene rings is 3. The van der Waals surface area contributed by atoms with E-state index in [2.05, 4.69) is 10.3 Å². The Morgan fingerprint density at radius 1 is 0.944 bits per heavy atom. The van der Waals surface area contributed by atoms with Crippen LogP contribution in [0.15, 0.2) is 93.4 Å². The van der Waals surface area contributed by atoms with E-state index in [1.54, 1.807) is 30.3 Å². The van der Waals surface area contributed by atoms with Gasteiger partial charge in [0.2, 0.25) is 5.88 Å². The third-order valence-electron chi connectivity index (χ3n) is 5.18. The SMILES string of the molecule is O=c1[nH]c(=O)n(-c2ccccc2F)c(O)c1C(=NCc1ccccc1C(F)(F)F)Nc1ccccc1. The number of amidine groups is 1. The Morgan fingerprint density at radius 3 is 2.28 bits per heavy atom. The molecule has 0 spiro atoms. The van der Waals surface area contributed by atoms with Gasteiger partial charge in [-0.25, -0.2) is 13.8 Å². The van der Waals surface area contributed by atoms with E-state index >= 15 is 0 Å². The average Bonchev–Trinajstić information content (AvgIpc) is 2.83. The Morgan fingerprint density at radius 2 is 1.58 bits per heavy atom. The van der Waals surface area contributed by atoms with Gasteiger partial charge in [-0.05, 0) is 35.9 Å². The molecule has 0 aliphatic rings. The van der Waals surface area contributed by atoms with Crippen LogP contribution in [-0.2, 0) is 12.7 Å². The first kappa shape index (κ1) is 24.5. The molecule has 0 amide bonds. The second kappa shape index (κ2) is 9.90. The van der Waals surface area contributed by atoms with E-state index in [0.29, 0.717) is 10.3 Å². The molecule has 0 saturated heterocycles. The lowest BCUT2D eigenvalue weighted by molar-refractivity contribution is -0.138. The van der Waals surface area contributed by atoms with Crippen molar-refractivity contribution in [1.29, 1.82) is 0 Å². The molecular weight excluding hydrogens is 480 g/mol. The van der Waals surface area contributed by atoms with E-state index in [4.69, 9.17) is 0 Å². The monoisotopic (exact) mass is 498 g/mol. The van der Waals surface area contributed by atoms with Crippen molar-refractivity contribution in [2.75, 3.05) is 5.32 Å². The summed E-state index contributed by atoms with van der Waals surface area (Å²) in [6, 6.07) is 18.0. The van der Waals surface area contributed by atoms with Crippen LogP contribution in [0.1, 0.15) is 16.7 Å². The Bertz CT molecular complexity index is 1540. The summed E-state index contributed by atoms with van der Waals surface area (Å²) in [4.78, 5) is 31.4. The Balaban J connectivity index is 1.90. The van der Waals surface area contributed by atoms with Crippen LogP contribution in [0.5, 0.6) is 5.88 Å². The van der Waals surface area contributed by atoms with Gasteiger partial charge in [0.1, 0.15) is 17.2 Å². The van der Waals surface area contributed by atoms with E-state index in [1.807, 2.05) is 4.98 Å². The van der Waals surface area contributed by atoms with Crippen molar-refractivity contribution in [3.63, 3.8) is 0 Å². The van der Waals surface area contributed by atoms with Crippen LogP contribution in [0.25, 0.3) is 5.69 Å². The van der Waals surface area contributed by atoms with Crippen LogP contribution < -0.4 is 16.6 Å². The molecular formula is C25H18F4N4O3. The molecule has 3 aromatic carbocycles. The number of nitrogens with one attached hydrogen (secondary N) is 2. The lowest BCUT2D eigenvalue weighted by atomic mass is 10.1. The number of para-hydroxylation sites is 2. The summed E-state index contributed by atoms with van der Waals surface area (Å²) in [5.74, 6) is -2.14. The fourth-order valence-electron chi connectivity index (χ4n) is 3.53. The van der Waals surface area contributed by atoms with Crippen molar-refractivity contribution < 1.29 is 22.7 Å². The fraction of sp³-hybridized carbons (Fsp3) is 0.0800. The molecule has 0 fully saturated rings. The number of alkyl halides is 3. The molecule has 7 nitrogen and oxygen atoms in total. The van der Waals surface area contributed by atoms with Gasteiger partial charge >= 0.3 is 11.9 Å². The second-order valence-electron chi connectivity index (χ2n) is 7.56. The van der Waals surface area contributed by atoms with Crippen molar-refractivity contribution in [3.8, 4) is 11.6 Å². The third kappa shape index (κ3) is 5.04. The van der Waals surface area contributed by atoms with Gasteiger partial charge in [-0.3, -0.25) is 14.8 Å². The number of anilines is 1. The molecule has 11 heteroatoms. The largest absolute Gasteiger partial charge is 0.493 e. The molecule has 0 bridgehead atoms. The molecule has 36 heavy (non-hydrogen) atoms. The van der Waals surface area contributed by atoms with Crippen LogP contribution in [0.3, 0.4) is 0 Å². The zero-order valence-electron chi connectivity index (χ0n) is 18.4. The number of aliphatic imine (C=N–C) groups is 1. The van der Waals surface area contributed by atoms with Gasteiger partial charge in [-0.2, -0.15) is 13.2 Å². The van der Waals surface area contributed by atoms with Crippen LogP contribution in [0, 0.1) is 5.82 Å². The zero-order chi connectivity index (χ0) is 25.9. The Hall–Kier alpha value is -4.67. The van der Waals surface area contributed by atoms with E-state index < -0.39 is 46.8 Å². The number of hydrogen-bond donors (Lipinski definition) is 3. The van der Waals surface area contributed by atoms with Crippen LogP contribution in [0.4, 0.5) is 23.2 Å². The minimum atomic E-state index is -4.64. The minimum Gasteiger partial charge on any atom is -0.493 e. The Kier molecular flexibility index (Phi) is 6.73. The fourth-order valence-corrected chi connectivity index (χ4v) is 3.53. The van der Waals surface area contributed by atoms with Crippen LogP contribution in [0.2, 0.25) is 0 Å². The predicted molar refractivity (Wildman–Crippen MR) is 126 cm³/mol. The molecule has 0 aliphatic carbocycles. The summed E-state index contributed by atoms with van der Waals surface area (Å²) < 4.78 is 55.3. The van der Waals surface area contributed by atoms with E-state index in [-0.39, 0.29) is 17.1 Å².